The van der Waals surface area contributed by atoms with E-state index in [0.29, 0.717) is 0 Å². The molecule has 1 aliphatic carbocycles. The zero-order valence-electron chi connectivity index (χ0n) is 12.8. The molecular weight excluding hydrogens is 262 g/mol. The van der Waals surface area contributed by atoms with E-state index in [1.165, 1.54) is 13.3 Å². The van der Waals surface area contributed by atoms with Gasteiger partial charge in [-0.2, -0.15) is 0 Å². The van der Waals surface area contributed by atoms with Crippen molar-refractivity contribution in [3.63, 3.8) is 0 Å². The number of rotatable bonds is 3. The normalized spacial score (nSPS) is 13.5. The van der Waals surface area contributed by atoms with Crippen molar-refractivity contribution in [2.45, 2.75) is 27.2 Å². The van der Waals surface area contributed by atoms with Gasteiger partial charge in [0.2, 0.25) is 5.70 Å². The SMILES string of the molecule is C=CC1=C(/C=C(\C)[N+](=O)[O-])C(=C)c2ccccc21.CCC. The van der Waals surface area contributed by atoms with Crippen LogP contribution in [0.15, 0.2) is 60.8 Å². The number of hydrogen-bond donors (Lipinski definition) is 0. The largest absolute Gasteiger partial charge is 0.259 e. The molecule has 0 saturated heterocycles. The lowest BCUT2D eigenvalue weighted by molar-refractivity contribution is -0.424. The van der Waals surface area contributed by atoms with Gasteiger partial charge in [-0.3, -0.25) is 10.1 Å². The van der Waals surface area contributed by atoms with E-state index in [0.717, 1.165) is 27.8 Å². The molecule has 0 heterocycles. The first kappa shape index (κ1) is 16.6. The van der Waals surface area contributed by atoms with Crippen molar-refractivity contribution in [1.29, 1.82) is 0 Å². The Kier molecular flexibility index (Phi) is 5.85. The Morgan fingerprint density at radius 3 is 2.24 bits per heavy atom. The highest BCUT2D eigenvalue weighted by Crippen LogP contribution is 2.41. The van der Waals surface area contributed by atoms with Gasteiger partial charge in [-0.15, -0.1) is 0 Å². The van der Waals surface area contributed by atoms with Crippen molar-refractivity contribution < 1.29 is 4.92 Å². The first-order valence-electron chi connectivity index (χ1n) is 6.96. The smallest absolute Gasteiger partial charge is 0.243 e. The molecule has 3 nitrogen and oxygen atoms in total. The summed E-state index contributed by atoms with van der Waals surface area (Å²) in [5.74, 6) is 0. The molecule has 3 heteroatoms. The third-order valence-corrected chi connectivity index (χ3v) is 3.00. The second-order valence-corrected chi connectivity index (χ2v) is 4.81. The molecule has 0 fully saturated rings. The second-order valence-electron chi connectivity index (χ2n) is 4.81. The van der Waals surface area contributed by atoms with E-state index in [1.807, 2.05) is 24.3 Å². The predicted octanol–water partition coefficient (Wildman–Crippen LogP) is 5.25. The van der Waals surface area contributed by atoms with E-state index in [9.17, 15) is 10.1 Å². The Morgan fingerprint density at radius 1 is 1.24 bits per heavy atom. The van der Waals surface area contributed by atoms with Crippen LogP contribution >= 0.6 is 0 Å². The average Bonchev–Trinajstić information content (AvgIpc) is 2.72. The zero-order valence-corrected chi connectivity index (χ0v) is 12.8. The summed E-state index contributed by atoms with van der Waals surface area (Å²) < 4.78 is 0. The minimum absolute atomic E-state index is 0.0957. The molecule has 1 aliphatic rings. The highest BCUT2D eigenvalue weighted by atomic mass is 16.6. The second kappa shape index (κ2) is 7.39. The van der Waals surface area contributed by atoms with Crippen LogP contribution in [-0.4, -0.2) is 4.92 Å². The minimum atomic E-state index is -0.399. The van der Waals surface area contributed by atoms with Gasteiger partial charge >= 0.3 is 0 Å². The third-order valence-electron chi connectivity index (χ3n) is 3.00. The lowest BCUT2D eigenvalue weighted by Gasteiger charge is -1.99. The van der Waals surface area contributed by atoms with Crippen LogP contribution in [0.5, 0.6) is 0 Å². The van der Waals surface area contributed by atoms with E-state index in [2.05, 4.69) is 27.0 Å². The number of benzene rings is 1. The van der Waals surface area contributed by atoms with Crippen LogP contribution in [0.2, 0.25) is 0 Å². The summed E-state index contributed by atoms with van der Waals surface area (Å²) in [5.41, 5.74) is 4.62. The van der Waals surface area contributed by atoms with Gasteiger partial charge in [-0.1, -0.05) is 63.8 Å². The molecule has 0 radical (unpaired) electrons. The van der Waals surface area contributed by atoms with Crippen molar-refractivity contribution in [2.75, 3.05) is 0 Å². The Bertz CT molecular complexity index is 636. The summed E-state index contributed by atoms with van der Waals surface area (Å²) in [6.45, 7) is 13.5. The van der Waals surface area contributed by atoms with Crippen LogP contribution in [0, 0.1) is 10.1 Å². The molecule has 0 spiro atoms. The molecule has 0 saturated carbocycles. The fourth-order valence-corrected chi connectivity index (χ4v) is 2.08. The topological polar surface area (TPSA) is 43.1 Å². The van der Waals surface area contributed by atoms with Gasteiger partial charge in [0.1, 0.15) is 0 Å². The fourth-order valence-electron chi connectivity index (χ4n) is 2.08. The maximum absolute atomic E-state index is 10.7. The van der Waals surface area contributed by atoms with E-state index >= 15 is 0 Å². The third kappa shape index (κ3) is 3.57. The van der Waals surface area contributed by atoms with E-state index in [1.54, 1.807) is 12.2 Å². The molecule has 110 valence electrons. The van der Waals surface area contributed by atoms with Gasteiger partial charge in [-0.05, 0) is 27.8 Å². The average molecular weight is 283 g/mol. The van der Waals surface area contributed by atoms with Crippen molar-refractivity contribution >= 4 is 11.1 Å². The molecule has 0 unspecified atom stereocenters. The molecular formula is C18H21NO2. The van der Waals surface area contributed by atoms with Crippen LogP contribution in [-0.2, 0) is 0 Å². The molecule has 0 bridgehead atoms. The molecule has 21 heavy (non-hydrogen) atoms. The summed E-state index contributed by atoms with van der Waals surface area (Å²) in [7, 11) is 0. The van der Waals surface area contributed by atoms with Crippen LogP contribution in [0.1, 0.15) is 38.3 Å². The van der Waals surface area contributed by atoms with Crippen LogP contribution in [0.3, 0.4) is 0 Å². The molecule has 1 aromatic rings. The molecule has 2 rings (SSSR count). The number of nitro groups is 1. The summed E-state index contributed by atoms with van der Waals surface area (Å²) >= 11 is 0. The van der Waals surface area contributed by atoms with E-state index in [-0.39, 0.29) is 5.70 Å². The number of hydrogen-bond acceptors (Lipinski definition) is 2. The Morgan fingerprint density at radius 2 is 1.76 bits per heavy atom. The first-order valence-corrected chi connectivity index (χ1v) is 6.96. The summed E-state index contributed by atoms with van der Waals surface area (Å²) in [5, 5.41) is 10.7. The first-order chi connectivity index (χ1) is 9.97. The van der Waals surface area contributed by atoms with Crippen molar-refractivity contribution in [3.8, 4) is 0 Å². The predicted molar refractivity (Wildman–Crippen MR) is 89.3 cm³/mol. The quantitative estimate of drug-likeness (QED) is 0.561. The summed E-state index contributed by atoms with van der Waals surface area (Å²) in [6.07, 6.45) is 4.52. The molecule has 1 aromatic carbocycles. The zero-order chi connectivity index (χ0) is 16.0. The lowest BCUT2D eigenvalue weighted by atomic mass is 10.0. The maximum Gasteiger partial charge on any atom is 0.243 e. The fraction of sp³-hybridized carbons (Fsp3) is 0.222. The number of nitrogens with zero attached hydrogens (tertiary/aromatic N) is 1. The molecule has 0 aliphatic heterocycles. The lowest BCUT2D eigenvalue weighted by Crippen LogP contribution is -1.94. The minimum Gasteiger partial charge on any atom is -0.259 e. The van der Waals surface area contributed by atoms with Gasteiger partial charge in [0.25, 0.3) is 0 Å². The summed E-state index contributed by atoms with van der Waals surface area (Å²) in [4.78, 5) is 10.3. The monoisotopic (exact) mass is 283 g/mol. The molecule has 0 aromatic heterocycles. The van der Waals surface area contributed by atoms with Crippen molar-refractivity contribution in [3.05, 3.63) is 82.1 Å². The molecule has 0 atom stereocenters. The molecule has 0 N–H and O–H groups in total. The molecule has 0 amide bonds. The Labute approximate surface area is 126 Å². The standard InChI is InChI=1S/C15H13NO2.C3H8/c1-4-12-14-8-6-5-7-13(14)11(3)15(12)9-10(2)16(17)18;1-3-2/h4-9H,1,3H2,2H3;3H2,1-2H3/b10-9+;. The van der Waals surface area contributed by atoms with Crippen molar-refractivity contribution in [1.82, 2.24) is 0 Å². The van der Waals surface area contributed by atoms with Gasteiger partial charge in [0, 0.05) is 13.0 Å². The van der Waals surface area contributed by atoms with Gasteiger partial charge in [0.05, 0.1) is 4.92 Å². The Hall–Kier alpha value is -2.42. The van der Waals surface area contributed by atoms with Gasteiger partial charge < -0.3 is 0 Å². The number of allylic oxidation sites excluding steroid dienone is 6. The van der Waals surface area contributed by atoms with Crippen molar-refractivity contribution in [2.24, 2.45) is 0 Å². The van der Waals surface area contributed by atoms with Crippen LogP contribution < -0.4 is 0 Å². The van der Waals surface area contributed by atoms with Gasteiger partial charge in [0.15, 0.2) is 0 Å². The highest BCUT2D eigenvalue weighted by molar-refractivity contribution is 6.03. The number of fused-ring (bicyclic) bond motifs is 1. The van der Waals surface area contributed by atoms with Crippen LogP contribution in [0.25, 0.3) is 11.1 Å². The van der Waals surface area contributed by atoms with Crippen LogP contribution in [0.4, 0.5) is 0 Å². The maximum atomic E-state index is 10.7. The van der Waals surface area contributed by atoms with Gasteiger partial charge in [-0.25, -0.2) is 0 Å². The highest BCUT2D eigenvalue weighted by Gasteiger charge is 2.22. The van der Waals surface area contributed by atoms with E-state index in [4.69, 9.17) is 0 Å². The summed E-state index contributed by atoms with van der Waals surface area (Å²) in [6, 6.07) is 7.80. The Balaban J connectivity index is 0.000000677. The van der Waals surface area contributed by atoms with E-state index < -0.39 is 4.92 Å².